The van der Waals surface area contributed by atoms with Crippen molar-refractivity contribution in [2.75, 3.05) is 6.54 Å². The summed E-state index contributed by atoms with van der Waals surface area (Å²) in [6.45, 7) is 11.7. The molecule has 1 aromatic heterocycles. The van der Waals surface area contributed by atoms with Crippen molar-refractivity contribution in [3.05, 3.63) is 41.0 Å². The van der Waals surface area contributed by atoms with Crippen LogP contribution in [0.1, 0.15) is 78.1 Å². The lowest BCUT2D eigenvalue weighted by Gasteiger charge is -2.36. The SMILES string of the molecule is Cc1ncsc1-c1ccc([C@H](CC(=O)C(C)(C)C)NC(=O)[C@@H]2[C@@H](F)[C@@H](O)CN2C(=O)[C@@H](NC(=O)C2(F)CC2)C(C)(C)C)cc1. The van der Waals surface area contributed by atoms with E-state index in [9.17, 15) is 28.7 Å². The Morgan fingerprint density at radius 2 is 1.70 bits per heavy atom. The number of aromatic nitrogens is 1. The zero-order chi connectivity index (χ0) is 32.8. The summed E-state index contributed by atoms with van der Waals surface area (Å²) in [4.78, 5) is 59.4. The normalized spacial score (nSPS) is 22.7. The van der Waals surface area contributed by atoms with Gasteiger partial charge in [-0.05, 0) is 36.3 Å². The number of likely N-dealkylation sites (tertiary alicyclic amines) is 1. The fraction of sp³-hybridized carbons (Fsp3) is 0.594. The maximum absolute atomic E-state index is 15.5. The molecule has 1 aromatic carbocycles. The smallest absolute Gasteiger partial charge is 0.258 e. The number of benzene rings is 1. The highest BCUT2D eigenvalue weighted by Crippen LogP contribution is 2.40. The van der Waals surface area contributed by atoms with Crippen LogP contribution in [0.3, 0.4) is 0 Å². The zero-order valence-corrected chi connectivity index (χ0v) is 27.1. The van der Waals surface area contributed by atoms with Crippen molar-refractivity contribution in [3.63, 3.8) is 0 Å². The maximum Gasteiger partial charge on any atom is 0.258 e. The van der Waals surface area contributed by atoms with Crippen LogP contribution < -0.4 is 10.6 Å². The van der Waals surface area contributed by atoms with Gasteiger partial charge in [0.1, 0.15) is 24.0 Å². The Morgan fingerprint density at radius 3 is 2.20 bits per heavy atom. The molecule has 0 bridgehead atoms. The molecule has 2 fully saturated rings. The van der Waals surface area contributed by atoms with Crippen molar-refractivity contribution in [2.24, 2.45) is 10.8 Å². The van der Waals surface area contributed by atoms with Gasteiger partial charge in [0.15, 0.2) is 11.8 Å². The predicted molar refractivity (Wildman–Crippen MR) is 163 cm³/mol. The van der Waals surface area contributed by atoms with Gasteiger partial charge < -0.3 is 20.6 Å². The van der Waals surface area contributed by atoms with Crippen LogP contribution in [0.2, 0.25) is 0 Å². The van der Waals surface area contributed by atoms with Crippen molar-refractivity contribution in [2.45, 2.75) is 104 Å². The molecule has 4 rings (SSSR count). The highest BCUT2D eigenvalue weighted by molar-refractivity contribution is 7.13. The Hall–Kier alpha value is -3.25. The molecule has 3 N–H and O–H groups in total. The van der Waals surface area contributed by atoms with Gasteiger partial charge in [-0.15, -0.1) is 11.3 Å². The van der Waals surface area contributed by atoms with Gasteiger partial charge in [0.25, 0.3) is 5.91 Å². The first-order chi connectivity index (χ1) is 20.3. The van der Waals surface area contributed by atoms with Gasteiger partial charge in [0.05, 0.1) is 28.7 Å². The minimum absolute atomic E-state index is 0.0450. The number of alkyl halides is 2. The van der Waals surface area contributed by atoms with E-state index in [-0.39, 0.29) is 25.0 Å². The first-order valence-corrected chi connectivity index (χ1v) is 15.7. The minimum atomic E-state index is -2.12. The van der Waals surface area contributed by atoms with E-state index in [1.807, 2.05) is 19.1 Å². The average molecular weight is 633 g/mol. The summed E-state index contributed by atoms with van der Waals surface area (Å²) < 4.78 is 30.0. The molecule has 1 aliphatic carbocycles. The van der Waals surface area contributed by atoms with Crippen LogP contribution in [-0.4, -0.2) is 75.1 Å². The number of halogens is 2. The number of nitrogens with zero attached hydrogens (tertiary/aromatic N) is 2. The van der Waals surface area contributed by atoms with Crippen LogP contribution in [-0.2, 0) is 19.2 Å². The number of ketones is 1. The lowest BCUT2D eigenvalue weighted by molar-refractivity contribution is -0.146. The lowest BCUT2D eigenvalue weighted by Crippen LogP contribution is -2.60. The Kier molecular flexibility index (Phi) is 9.38. The first kappa shape index (κ1) is 33.6. The summed E-state index contributed by atoms with van der Waals surface area (Å²) in [6.07, 6.45) is -3.78. The third kappa shape index (κ3) is 7.17. The van der Waals surface area contributed by atoms with Crippen LogP contribution in [0.15, 0.2) is 29.8 Å². The number of β-amino-alcohol motifs (C(OH)–C–C–N with tert-alkyl or cyclic N) is 1. The predicted octanol–water partition coefficient (Wildman–Crippen LogP) is 4.22. The standard InChI is InChI=1S/C32H42F2N4O5S/c1-17-25(44-16-35-17)19-10-8-18(9-11-19)20(14-22(40)30(2,3)4)36-27(41)24-23(33)21(39)15-38(24)28(42)26(31(5,6)7)37-29(43)32(34)12-13-32/h8-11,16,20-21,23-24,26,39H,12-15H2,1-7H3,(H,36,41)(H,37,43)/t20-,21-,23-,24-,26+/m0/s1. The van der Waals surface area contributed by atoms with Crippen molar-refractivity contribution < 1.29 is 33.1 Å². The monoisotopic (exact) mass is 632 g/mol. The van der Waals surface area contributed by atoms with Crippen molar-refractivity contribution in [1.82, 2.24) is 20.5 Å². The Morgan fingerprint density at radius 1 is 1.09 bits per heavy atom. The van der Waals surface area contributed by atoms with E-state index in [0.717, 1.165) is 21.0 Å². The molecular weight excluding hydrogens is 590 g/mol. The summed E-state index contributed by atoms with van der Waals surface area (Å²) in [5, 5.41) is 15.7. The van der Waals surface area contributed by atoms with Gasteiger partial charge in [-0.1, -0.05) is 65.8 Å². The number of amides is 3. The molecule has 3 amide bonds. The summed E-state index contributed by atoms with van der Waals surface area (Å²) in [5.41, 5.74) is 0.454. The van der Waals surface area contributed by atoms with Crippen molar-refractivity contribution in [3.8, 4) is 10.4 Å². The van der Waals surface area contributed by atoms with Gasteiger partial charge in [-0.25, -0.2) is 13.8 Å². The van der Waals surface area contributed by atoms with Crippen LogP contribution in [0.5, 0.6) is 0 Å². The third-order valence-electron chi connectivity index (χ3n) is 8.29. The Bertz CT molecular complexity index is 1410. The largest absolute Gasteiger partial charge is 0.388 e. The van der Waals surface area contributed by atoms with E-state index < -0.39 is 71.2 Å². The second-order valence-corrected chi connectivity index (χ2v) is 14.9. The summed E-state index contributed by atoms with van der Waals surface area (Å²) in [6, 6.07) is 3.42. The Balaban J connectivity index is 1.61. The maximum atomic E-state index is 15.5. The van der Waals surface area contributed by atoms with E-state index >= 15 is 4.39 Å². The highest BCUT2D eigenvalue weighted by atomic mass is 32.1. The molecule has 12 heteroatoms. The number of aliphatic hydroxyl groups is 1. The highest BCUT2D eigenvalue weighted by Gasteiger charge is 2.55. The number of carbonyl (C=O) groups excluding carboxylic acids is 4. The van der Waals surface area contributed by atoms with Gasteiger partial charge in [0, 0.05) is 11.8 Å². The van der Waals surface area contributed by atoms with E-state index in [4.69, 9.17) is 0 Å². The molecule has 1 saturated carbocycles. The van der Waals surface area contributed by atoms with Gasteiger partial charge in [-0.3, -0.25) is 19.2 Å². The number of carbonyl (C=O) groups is 4. The fourth-order valence-electron chi connectivity index (χ4n) is 5.17. The number of aryl methyl sites for hydroxylation is 1. The second-order valence-electron chi connectivity index (χ2n) is 14.0. The molecule has 1 aliphatic heterocycles. The van der Waals surface area contributed by atoms with Crippen LogP contribution in [0, 0.1) is 17.8 Å². The summed E-state index contributed by atoms with van der Waals surface area (Å²) >= 11 is 1.49. The number of nitrogens with one attached hydrogen (secondary N) is 2. The van der Waals surface area contributed by atoms with Gasteiger partial charge in [-0.2, -0.15) is 0 Å². The molecule has 2 aromatic rings. The molecule has 5 atom stereocenters. The van der Waals surface area contributed by atoms with Crippen molar-refractivity contribution in [1.29, 1.82) is 0 Å². The van der Waals surface area contributed by atoms with Crippen LogP contribution in [0.25, 0.3) is 10.4 Å². The van der Waals surface area contributed by atoms with E-state index in [1.54, 1.807) is 59.2 Å². The molecule has 2 heterocycles. The number of hydrogen-bond acceptors (Lipinski definition) is 7. The molecule has 0 spiro atoms. The second kappa shape index (κ2) is 12.3. The molecule has 1 saturated heterocycles. The fourth-order valence-corrected chi connectivity index (χ4v) is 5.98. The molecule has 9 nitrogen and oxygen atoms in total. The third-order valence-corrected chi connectivity index (χ3v) is 9.27. The average Bonchev–Trinajstić information content (AvgIpc) is 3.42. The molecule has 240 valence electrons. The summed E-state index contributed by atoms with van der Waals surface area (Å²) in [7, 11) is 0. The quantitative estimate of drug-likeness (QED) is 0.380. The minimum Gasteiger partial charge on any atom is -0.388 e. The molecule has 0 unspecified atom stereocenters. The zero-order valence-electron chi connectivity index (χ0n) is 26.2. The van der Waals surface area contributed by atoms with Gasteiger partial charge >= 0.3 is 0 Å². The molecule has 2 aliphatic rings. The number of hydrogen-bond donors (Lipinski definition) is 3. The molecule has 0 radical (unpaired) electrons. The number of thiazole rings is 1. The number of rotatable bonds is 9. The molecule has 44 heavy (non-hydrogen) atoms. The van der Waals surface area contributed by atoms with E-state index in [1.165, 1.54) is 11.3 Å². The van der Waals surface area contributed by atoms with E-state index in [2.05, 4.69) is 15.6 Å². The van der Waals surface area contributed by atoms with E-state index in [0.29, 0.717) is 5.56 Å². The lowest BCUT2D eigenvalue weighted by atomic mass is 9.85. The van der Waals surface area contributed by atoms with Crippen LogP contribution >= 0.6 is 11.3 Å². The van der Waals surface area contributed by atoms with Crippen molar-refractivity contribution >= 4 is 34.8 Å². The Labute approximate surface area is 260 Å². The summed E-state index contributed by atoms with van der Waals surface area (Å²) in [5.74, 6) is -2.76. The number of aliphatic hydroxyl groups excluding tert-OH is 1. The molecular formula is C32H42F2N4O5S. The number of Topliss-reactive ketones (excluding diaryl/α,β-unsaturated/α-hetero) is 1. The topological polar surface area (TPSA) is 129 Å². The van der Waals surface area contributed by atoms with Crippen LogP contribution in [0.4, 0.5) is 8.78 Å². The van der Waals surface area contributed by atoms with Gasteiger partial charge in [0.2, 0.25) is 11.8 Å². The first-order valence-electron chi connectivity index (χ1n) is 14.8.